The Kier molecular flexibility index (Phi) is 4.88. The molecule has 0 aliphatic heterocycles. The van der Waals surface area contributed by atoms with Crippen molar-refractivity contribution in [3.63, 3.8) is 0 Å². The summed E-state index contributed by atoms with van der Waals surface area (Å²) in [6.45, 7) is -1.99. The van der Waals surface area contributed by atoms with Crippen molar-refractivity contribution in [3.8, 4) is 0 Å². The second-order valence-electron chi connectivity index (χ2n) is 3.68. The van der Waals surface area contributed by atoms with Gasteiger partial charge in [0.05, 0.1) is 0 Å². The summed E-state index contributed by atoms with van der Waals surface area (Å²) < 4.78 is 21.1. The average molecular weight is 203 g/mol. The molecule has 4 nitrogen and oxygen atoms in total. The topological polar surface area (TPSA) is 36.9 Å². The molecule has 0 saturated heterocycles. The minimum absolute atomic E-state index is 0.212. The largest absolute Gasteiger partial charge is 0.530 e. The van der Waals surface area contributed by atoms with Gasteiger partial charge in [-0.15, -0.1) is 0 Å². The van der Waals surface area contributed by atoms with Crippen LogP contribution in [0.2, 0.25) is 0 Å². The van der Waals surface area contributed by atoms with Crippen molar-refractivity contribution in [3.05, 3.63) is 0 Å². The van der Waals surface area contributed by atoms with Crippen molar-refractivity contribution >= 4 is 6.96 Å². The van der Waals surface area contributed by atoms with E-state index in [1.54, 1.807) is 0 Å². The molecule has 0 aromatic rings. The van der Waals surface area contributed by atoms with E-state index in [2.05, 4.69) is 0 Å². The average Bonchev–Trinajstić information content (AvgIpc) is 2.28. The minimum Gasteiger partial charge on any atom is -0.521 e. The van der Waals surface area contributed by atoms with E-state index in [-0.39, 0.29) is 6.10 Å². The summed E-state index contributed by atoms with van der Waals surface area (Å²) in [5, 5.41) is 0. The lowest BCUT2D eigenvalue weighted by Crippen LogP contribution is -2.49. The summed E-state index contributed by atoms with van der Waals surface area (Å²) in [7, 11) is 4.61. The standard InChI is InChI=1S/C9H20BO4/c1-11-10(12-2,13-3)14-9-7-5-4-6-8-9/h9H,4-8H2,1-3H3/q-1. The Hall–Kier alpha value is -0.0951. The van der Waals surface area contributed by atoms with Gasteiger partial charge in [0.2, 0.25) is 0 Å². The van der Waals surface area contributed by atoms with Crippen molar-refractivity contribution in [1.29, 1.82) is 0 Å². The second-order valence-corrected chi connectivity index (χ2v) is 3.68. The lowest BCUT2D eigenvalue weighted by atomic mass is 9.95. The summed E-state index contributed by atoms with van der Waals surface area (Å²) in [6.07, 6.45) is 6.08. The van der Waals surface area contributed by atoms with E-state index in [1.165, 1.54) is 40.6 Å². The van der Waals surface area contributed by atoms with E-state index in [0.29, 0.717) is 0 Å². The molecule has 1 rings (SSSR count). The molecule has 1 aliphatic carbocycles. The molecule has 0 unspecified atom stereocenters. The Morgan fingerprint density at radius 1 is 0.857 bits per heavy atom. The highest BCUT2D eigenvalue weighted by Gasteiger charge is 2.31. The summed E-state index contributed by atoms with van der Waals surface area (Å²) in [4.78, 5) is 0. The first-order valence-corrected chi connectivity index (χ1v) is 5.22. The van der Waals surface area contributed by atoms with Crippen LogP contribution in [0.15, 0.2) is 0 Å². The number of hydrogen-bond acceptors (Lipinski definition) is 4. The first-order chi connectivity index (χ1) is 6.76. The molecule has 14 heavy (non-hydrogen) atoms. The van der Waals surface area contributed by atoms with Gasteiger partial charge < -0.3 is 18.6 Å². The molecule has 0 atom stereocenters. The van der Waals surface area contributed by atoms with Crippen LogP contribution in [0.1, 0.15) is 32.1 Å². The molecule has 0 spiro atoms. The van der Waals surface area contributed by atoms with E-state index in [1.807, 2.05) is 0 Å². The molecule has 5 heteroatoms. The first kappa shape index (κ1) is 12.0. The molecule has 0 heterocycles. The lowest BCUT2D eigenvalue weighted by Gasteiger charge is -2.41. The fourth-order valence-electron chi connectivity index (χ4n) is 1.89. The molecule has 1 saturated carbocycles. The third-order valence-corrected chi connectivity index (χ3v) is 2.78. The maximum atomic E-state index is 5.72. The third kappa shape index (κ3) is 2.95. The van der Waals surface area contributed by atoms with Crippen LogP contribution in [0.3, 0.4) is 0 Å². The van der Waals surface area contributed by atoms with Crippen LogP contribution in [0.4, 0.5) is 0 Å². The van der Waals surface area contributed by atoms with Gasteiger partial charge in [-0.1, -0.05) is 19.3 Å². The summed E-state index contributed by atoms with van der Waals surface area (Å²) >= 11 is 0. The van der Waals surface area contributed by atoms with Gasteiger partial charge in [-0.2, -0.15) is 0 Å². The van der Waals surface area contributed by atoms with E-state index in [9.17, 15) is 0 Å². The highest BCUT2D eigenvalue weighted by molar-refractivity contribution is 6.53. The Bertz CT molecular complexity index is 147. The lowest BCUT2D eigenvalue weighted by molar-refractivity contribution is -0.0314. The molecule has 1 fully saturated rings. The predicted octanol–water partition coefficient (Wildman–Crippen LogP) is 1.71. The zero-order valence-corrected chi connectivity index (χ0v) is 9.32. The number of rotatable bonds is 5. The van der Waals surface area contributed by atoms with Gasteiger partial charge in [-0.25, -0.2) is 0 Å². The smallest absolute Gasteiger partial charge is 0.521 e. The Morgan fingerprint density at radius 3 is 1.79 bits per heavy atom. The molecule has 0 aromatic heterocycles. The molecular weight excluding hydrogens is 183 g/mol. The summed E-state index contributed by atoms with van der Waals surface area (Å²) in [6, 6.07) is 0. The molecule has 0 radical (unpaired) electrons. The fraction of sp³-hybridized carbons (Fsp3) is 1.00. The first-order valence-electron chi connectivity index (χ1n) is 5.22. The van der Waals surface area contributed by atoms with Crippen LogP contribution < -0.4 is 0 Å². The number of hydrogen-bond donors (Lipinski definition) is 0. The molecule has 0 bridgehead atoms. The van der Waals surface area contributed by atoms with Crippen molar-refractivity contribution in [2.75, 3.05) is 21.3 Å². The maximum absolute atomic E-state index is 5.72. The molecule has 1 aliphatic rings. The van der Waals surface area contributed by atoms with Crippen molar-refractivity contribution in [2.24, 2.45) is 0 Å². The van der Waals surface area contributed by atoms with E-state index < -0.39 is 6.96 Å². The molecular formula is C9H20BO4-. The fourth-order valence-corrected chi connectivity index (χ4v) is 1.89. The van der Waals surface area contributed by atoms with Gasteiger partial charge in [0, 0.05) is 6.10 Å². The zero-order valence-electron chi connectivity index (χ0n) is 9.32. The van der Waals surface area contributed by atoms with Gasteiger partial charge in [0.25, 0.3) is 0 Å². The SMILES string of the molecule is CO[B-](OC)(OC)OC1CCCCC1. The highest BCUT2D eigenvalue weighted by Crippen LogP contribution is 2.24. The monoisotopic (exact) mass is 203 g/mol. The van der Waals surface area contributed by atoms with Gasteiger partial charge in [-0.05, 0) is 34.2 Å². The summed E-state index contributed by atoms with van der Waals surface area (Å²) in [5.41, 5.74) is 0. The molecule has 0 N–H and O–H groups in total. The van der Waals surface area contributed by atoms with Crippen LogP contribution in [0, 0.1) is 0 Å². The van der Waals surface area contributed by atoms with Crippen LogP contribution in [0.25, 0.3) is 0 Å². The van der Waals surface area contributed by atoms with Gasteiger partial charge in [0.1, 0.15) is 0 Å². The molecule has 84 valence electrons. The van der Waals surface area contributed by atoms with Crippen molar-refractivity contribution < 1.29 is 18.6 Å². The highest BCUT2D eigenvalue weighted by atomic mass is 16.9. The van der Waals surface area contributed by atoms with Crippen LogP contribution in [-0.2, 0) is 18.6 Å². The molecule has 0 aromatic carbocycles. The molecule has 0 amide bonds. The Balaban J connectivity index is 2.44. The Labute approximate surface area is 85.9 Å². The normalized spacial score (nSPS) is 19.9. The van der Waals surface area contributed by atoms with Gasteiger partial charge in [-0.3, -0.25) is 0 Å². The minimum atomic E-state index is -1.99. The van der Waals surface area contributed by atoms with Gasteiger partial charge in [0.15, 0.2) is 0 Å². The summed E-state index contributed by atoms with van der Waals surface area (Å²) in [5.74, 6) is 0. The quantitative estimate of drug-likeness (QED) is 0.637. The van der Waals surface area contributed by atoms with E-state index in [0.717, 1.165) is 12.8 Å². The van der Waals surface area contributed by atoms with E-state index in [4.69, 9.17) is 18.6 Å². The van der Waals surface area contributed by atoms with Crippen LogP contribution in [-0.4, -0.2) is 34.4 Å². The maximum Gasteiger partial charge on any atom is 0.530 e. The second kappa shape index (κ2) is 5.71. The van der Waals surface area contributed by atoms with Crippen LogP contribution >= 0.6 is 0 Å². The van der Waals surface area contributed by atoms with Crippen LogP contribution in [0.5, 0.6) is 0 Å². The van der Waals surface area contributed by atoms with Crippen molar-refractivity contribution in [2.45, 2.75) is 38.2 Å². The van der Waals surface area contributed by atoms with E-state index >= 15 is 0 Å². The van der Waals surface area contributed by atoms with Gasteiger partial charge >= 0.3 is 6.96 Å². The predicted molar refractivity (Wildman–Crippen MR) is 54.7 cm³/mol. The third-order valence-electron chi connectivity index (χ3n) is 2.78. The zero-order chi connectivity index (χ0) is 10.4. The van der Waals surface area contributed by atoms with Crippen molar-refractivity contribution in [1.82, 2.24) is 0 Å². The Morgan fingerprint density at radius 2 is 1.36 bits per heavy atom.